The highest BCUT2D eigenvalue weighted by Gasteiger charge is 2.51. The van der Waals surface area contributed by atoms with Gasteiger partial charge < -0.3 is 20.8 Å². The van der Waals surface area contributed by atoms with Crippen LogP contribution in [0.5, 0.6) is 0 Å². The number of hydrogen-bond acceptors (Lipinski definition) is 6. The van der Waals surface area contributed by atoms with Crippen LogP contribution in [0.2, 0.25) is 0 Å². The van der Waals surface area contributed by atoms with Crippen molar-refractivity contribution < 1.29 is 47.0 Å². The van der Waals surface area contributed by atoms with E-state index in [0.29, 0.717) is 35.4 Å². The summed E-state index contributed by atoms with van der Waals surface area (Å²) < 4.78 is 45.1. The third-order valence-electron chi connectivity index (χ3n) is 5.31. The lowest BCUT2D eigenvalue weighted by Crippen LogP contribution is -2.68. The maximum absolute atomic E-state index is 13.4. The number of allylic oxidation sites excluding steroid dienone is 1. The molecule has 9 nitrogen and oxygen atoms in total. The number of nitrogens with two attached hydrogens (primary N) is 1. The SMILES string of the molecule is N[C@@H]1C(=O)N2C(C(=O)O)=C(C=C3CCN(Cc4cccc(F)c4)C3=O)CS[C@H]12.O=C(O)C(F)(F)F. The highest BCUT2D eigenvalue weighted by atomic mass is 32.2. The number of hydrogen-bond donors (Lipinski definition) is 3. The molecule has 4 N–H and O–H groups in total. The molecule has 3 aliphatic rings. The summed E-state index contributed by atoms with van der Waals surface area (Å²) >= 11 is 1.39. The largest absolute Gasteiger partial charge is 0.490 e. The van der Waals surface area contributed by atoms with Gasteiger partial charge in [-0.2, -0.15) is 13.2 Å². The first-order chi connectivity index (χ1) is 16.3. The van der Waals surface area contributed by atoms with E-state index in [2.05, 4.69) is 0 Å². The second kappa shape index (κ2) is 10.1. The van der Waals surface area contributed by atoms with Gasteiger partial charge in [0.1, 0.15) is 22.9 Å². The molecular formula is C21H19F4N3O6S. The number of β-lactam (4-membered cyclic amide) rings is 1. The Morgan fingerprint density at radius 1 is 1.23 bits per heavy atom. The Bertz CT molecular complexity index is 1140. The first kappa shape index (κ1) is 26.2. The number of halogens is 4. The number of rotatable bonds is 4. The third-order valence-corrected chi connectivity index (χ3v) is 6.63. The number of aliphatic carboxylic acids is 2. The van der Waals surface area contributed by atoms with Gasteiger partial charge in [0.2, 0.25) is 11.8 Å². The molecule has 0 radical (unpaired) electrons. The molecule has 0 aliphatic carbocycles. The maximum Gasteiger partial charge on any atom is 0.490 e. The van der Waals surface area contributed by atoms with Gasteiger partial charge in [0.15, 0.2) is 0 Å². The maximum atomic E-state index is 13.4. The summed E-state index contributed by atoms with van der Waals surface area (Å²) in [5, 5.41) is 16.3. The molecule has 2 saturated heterocycles. The third kappa shape index (κ3) is 5.65. The lowest BCUT2D eigenvalue weighted by molar-refractivity contribution is -0.192. The summed E-state index contributed by atoms with van der Waals surface area (Å²) in [7, 11) is 0. The topological polar surface area (TPSA) is 141 Å². The number of nitrogens with zero attached hydrogens (tertiary/aromatic N) is 2. The quantitative estimate of drug-likeness (QED) is 0.311. The number of alkyl halides is 3. The normalized spacial score (nSPS) is 23.1. The molecule has 0 aromatic heterocycles. The van der Waals surface area contributed by atoms with E-state index in [9.17, 15) is 37.1 Å². The Hall–Kier alpha value is -3.39. The molecule has 2 amide bonds. The summed E-state index contributed by atoms with van der Waals surface area (Å²) in [6, 6.07) is 5.38. The van der Waals surface area contributed by atoms with Crippen LogP contribution in [0.1, 0.15) is 12.0 Å². The van der Waals surface area contributed by atoms with Gasteiger partial charge in [0.05, 0.1) is 0 Å². The molecule has 1 aromatic rings. The molecule has 188 valence electrons. The molecule has 3 aliphatic heterocycles. The summed E-state index contributed by atoms with van der Waals surface area (Å²) in [6.45, 7) is 0.759. The standard InChI is InChI=1S/C19H18FN3O4S.C2HF3O2/c20-13-3-1-2-10(6-13)8-22-5-4-11(16(22)24)7-12-9-28-18-14(21)17(25)23(18)15(12)19(26)27;3-2(4,5)1(6)7/h1-3,6-7,14,18H,4-5,8-9,21H2,(H,26,27);(H,6,7)/t14-,18-;/m1./s1. The number of thioether (sulfide) groups is 1. The van der Waals surface area contributed by atoms with Gasteiger partial charge in [-0.1, -0.05) is 12.1 Å². The van der Waals surface area contributed by atoms with Crippen LogP contribution < -0.4 is 5.73 Å². The van der Waals surface area contributed by atoms with Crippen molar-refractivity contribution in [1.29, 1.82) is 0 Å². The van der Waals surface area contributed by atoms with Crippen molar-refractivity contribution in [2.45, 2.75) is 30.6 Å². The number of benzene rings is 1. The van der Waals surface area contributed by atoms with Crippen LogP contribution >= 0.6 is 11.8 Å². The van der Waals surface area contributed by atoms with E-state index in [1.165, 1.54) is 28.8 Å². The second-order valence-electron chi connectivity index (χ2n) is 7.69. The lowest BCUT2D eigenvalue weighted by Gasteiger charge is -2.47. The first-order valence-electron chi connectivity index (χ1n) is 10.0. The van der Waals surface area contributed by atoms with Gasteiger partial charge in [-0.15, -0.1) is 11.8 Å². The van der Waals surface area contributed by atoms with Crippen LogP contribution in [0.3, 0.4) is 0 Å². The summed E-state index contributed by atoms with van der Waals surface area (Å²) in [6.07, 6.45) is -3.04. The summed E-state index contributed by atoms with van der Waals surface area (Å²) in [4.78, 5) is 48.2. The Kier molecular flexibility index (Phi) is 7.55. The van der Waals surface area contributed by atoms with Crippen LogP contribution in [-0.4, -0.2) is 73.7 Å². The Morgan fingerprint density at radius 2 is 1.89 bits per heavy atom. The lowest BCUT2D eigenvalue weighted by atomic mass is 10.0. The molecule has 2 fully saturated rings. The molecule has 4 rings (SSSR count). The van der Waals surface area contributed by atoms with E-state index < -0.39 is 30.1 Å². The highest BCUT2D eigenvalue weighted by Crippen LogP contribution is 2.40. The number of carbonyl (C=O) groups excluding carboxylic acids is 2. The number of fused-ring (bicyclic) bond motifs is 1. The minimum atomic E-state index is -5.08. The average Bonchev–Trinajstić information content (AvgIpc) is 3.11. The molecule has 0 bridgehead atoms. The highest BCUT2D eigenvalue weighted by molar-refractivity contribution is 8.00. The molecule has 0 spiro atoms. The van der Waals surface area contributed by atoms with Crippen molar-refractivity contribution in [1.82, 2.24) is 9.80 Å². The zero-order valence-electron chi connectivity index (χ0n) is 17.8. The summed E-state index contributed by atoms with van der Waals surface area (Å²) in [5.74, 6) is -4.59. The second-order valence-corrected chi connectivity index (χ2v) is 8.80. The van der Waals surface area contributed by atoms with Crippen LogP contribution in [-0.2, 0) is 25.7 Å². The van der Waals surface area contributed by atoms with E-state index in [-0.39, 0.29) is 29.3 Å². The smallest absolute Gasteiger partial charge is 0.477 e. The number of carboxylic acid groups (broad SMARTS) is 2. The fourth-order valence-electron chi connectivity index (χ4n) is 3.67. The first-order valence-corrected chi connectivity index (χ1v) is 11.1. The number of likely N-dealkylation sites (tertiary alicyclic amines) is 1. The number of carboxylic acids is 2. The van der Waals surface area contributed by atoms with Crippen LogP contribution in [0.15, 0.2) is 47.2 Å². The van der Waals surface area contributed by atoms with Crippen molar-refractivity contribution in [3.05, 3.63) is 58.6 Å². The van der Waals surface area contributed by atoms with E-state index >= 15 is 0 Å². The predicted molar refractivity (Wildman–Crippen MR) is 114 cm³/mol. The van der Waals surface area contributed by atoms with Crippen LogP contribution in [0, 0.1) is 5.82 Å². The molecule has 1 aromatic carbocycles. The minimum absolute atomic E-state index is 0.0978. The summed E-state index contributed by atoms with van der Waals surface area (Å²) in [5.41, 5.74) is 7.26. The Labute approximate surface area is 199 Å². The van der Waals surface area contributed by atoms with E-state index in [1.54, 1.807) is 23.1 Å². The monoisotopic (exact) mass is 517 g/mol. The average molecular weight is 517 g/mol. The Balaban J connectivity index is 0.000000429. The van der Waals surface area contributed by atoms with Gasteiger partial charge in [-0.05, 0) is 35.8 Å². The molecule has 3 heterocycles. The molecular weight excluding hydrogens is 498 g/mol. The van der Waals surface area contributed by atoms with Crippen molar-refractivity contribution in [2.75, 3.05) is 12.3 Å². The zero-order chi connectivity index (χ0) is 26.1. The van der Waals surface area contributed by atoms with Gasteiger partial charge in [0, 0.05) is 24.4 Å². The van der Waals surface area contributed by atoms with Gasteiger partial charge in [-0.25, -0.2) is 14.0 Å². The number of carbonyl (C=O) groups is 4. The fourth-order valence-corrected chi connectivity index (χ4v) is 4.92. The molecule has 35 heavy (non-hydrogen) atoms. The predicted octanol–water partition coefficient (Wildman–Crippen LogP) is 1.70. The van der Waals surface area contributed by atoms with Crippen LogP contribution in [0.4, 0.5) is 17.6 Å². The van der Waals surface area contributed by atoms with Gasteiger partial charge >= 0.3 is 18.1 Å². The van der Waals surface area contributed by atoms with Crippen molar-refractivity contribution in [3.63, 3.8) is 0 Å². The minimum Gasteiger partial charge on any atom is -0.477 e. The molecule has 2 atom stereocenters. The van der Waals surface area contributed by atoms with E-state index in [1.807, 2.05) is 0 Å². The molecule has 0 saturated carbocycles. The van der Waals surface area contributed by atoms with Crippen molar-refractivity contribution in [3.8, 4) is 0 Å². The Morgan fingerprint density at radius 3 is 2.46 bits per heavy atom. The van der Waals surface area contributed by atoms with E-state index in [4.69, 9.17) is 15.6 Å². The van der Waals surface area contributed by atoms with Crippen molar-refractivity contribution >= 4 is 35.5 Å². The van der Waals surface area contributed by atoms with Gasteiger partial charge in [0.25, 0.3) is 0 Å². The van der Waals surface area contributed by atoms with Crippen molar-refractivity contribution in [2.24, 2.45) is 5.73 Å². The number of amides is 2. The van der Waals surface area contributed by atoms with E-state index in [0.717, 1.165) is 0 Å². The zero-order valence-corrected chi connectivity index (χ0v) is 18.6. The molecule has 14 heteroatoms. The fraction of sp³-hybridized carbons (Fsp3) is 0.333. The van der Waals surface area contributed by atoms with Gasteiger partial charge in [-0.3, -0.25) is 14.5 Å². The van der Waals surface area contributed by atoms with Crippen LogP contribution in [0.25, 0.3) is 0 Å². The molecule has 0 unspecified atom stereocenters.